The van der Waals surface area contributed by atoms with Crippen LogP contribution in [0.15, 0.2) is 22.5 Å². The summed E-state index contributed by atoms with van der Waals surface area (Å²) in [5, 5.41) is 5.01. The molecule has 0 spiro atoms. The lowest BCUT2D eigenvalue weighted by Gasteiger charge is -2.05. The van der Waals surface area contributed by atoms with Gasteiger partial charge in [0.05, 0.1) is 16.1 Å². The zero-order valence-electron chi connectivity index (χ0n) is 10.3. The Bertz CT molecular complexity index is 734. The summed E-state index contributed by atoms with van der Waals surface area (Å²) in [6.07, 6.45) is 0. The van der Waals surface area contributed by atoms with E-state index in [4.69, 9.17) is 9.88 Å². The summed E-state index contributed by atoms with van der Waals surface area (Å²) < 4.78 is 28.0. The third kappa shape index (κ3) is 3.09. The zero-order valence-corrected chi connectivity index (χ0v) is 11.9. The first-order valence-corrected chi connectivity index (χ1v) is 7.79. The molecule has 2 N–H and O–H groups in total. The number of aromatic nitrogens is 1. The van der Waals surface area contributed by atoms with E-state index in [2.05, 4.69) is 4.98 Å². The summed E-state index contributed by atoms with van der Waals surface area (Å²) in [4.78, 5) is 15.4. The van der Waals surface area contributed by atoms with Gasteiger partial charge in [0.15, 0.2) is 0 Å². The van der Waals surface area contributed by atoms with Gasteiger partial charge in [-0.25, -0.2) is 18.5 Å². The Labute approximate surface area is 114 Å². The van der Waals surface area contributed by atoms with Crippen LogP contribution in [0.3, 0.4) is 0 Å². The molecule has 1 aromatic heterocycles. The molecular formula is C11H12N2O4S2. The third-order valence-electron chi connectivity index (χ3n) is 2.27. The summed E-state index contributed by atoms with van der Waals surface area (Å²) in [5.74, 6) is -0.273. The highest BCUT2D eigenvalue weighted by atomic mass is 32.2. The fraction of sp³-hybridized carbons (Fsp3) is 0.273. The standard InChI is InChI=1S/C11H12N2O4S2/c1-6(2)10(14)17-7-3-4-9-8(5-7)13-11(18-9)19(12,15)16/h3-6H,1-2H3,(H2,12,15,16). The molecule has 0 saturated carbocycles. The summed E-state index contributed by atoms with van der Waals surface area (Å²) in [6.45, 7) is 3.45. The van der Waals surface area contributed by atoms with E-state index in [-0.39, 0.29) is 16.2 Å². The summed E-state index contributed by atoms with van der Waals surface area (Å²) in [5.41, 5.74) is 0.433. The molecule has 0 aliphatic heterocycles. The topological polar surface area (TPSA) is 99.4 Å². The van der Waals surface area contributed by atoms with Gasteiger partial charge < -0.3 is 4.74 Å². The number of primary sulfonamides is 1. The van der Waals surface area contributed by atoms with Gasteiger partial charge in [-0.3, -0.25) is 4.79 Å². The molecule has 8 heteroatoms. The Morgan fingerprint density at radius 1 is 1.42 bits per heavy atom. The first-order chi connectivity index (χ1) is 8.77. The number of benzene rings is 1. The number of ether oxygens (including phenoxy) is 1. The number of thiazole rings is 1. The minimum Gasteiger partial charge on any atom is -0.426 e. The minimum absolute atomic E-state index is 0.158. The van der Waals surface area contributed by atoms with E-state index < -0.39 is 10.0 Å². The molecule has 0 unspecified atom stereocenters. The van der Waals surface area contributed by atoms with Crippen molar-refractivity contribution in [3.05, 3.63) is 18.2 Å². The van der Waals surface area contributed by atoms with Crippen molar-refractivity contribution in [2.75, 3.05) is 0 Å². The van der Waals surface area contributed by atoms with E-state index in [9.17, 15) is 13.2 Å². The van der Waals surface area contributed by atoms with Gasteiger partial charge in [0.2, 0.25) is 4.34 Å². The van der Waals surface area contributed by atoms with Gasteiger partial charge in [0, 0.05) is 6.07 Å². The first-order valence-electron chi connectivity index (χ1n) is 5.42. The van der Waals surface area contributed by atoms with Gasteiger partial charge in [0.25, 0.3) is 10.0 Å². The number of sulfonamides is 1. The fourth-order valence-electron chi connectivity index (χ4n) is 1.31. The maximum absolute atomic E-state index is 11.5. The first kappa shape index (κ1) is 13.9. The Kier molecular flexibility index (Phi) is 3.57. The summed E-state index contributed by atoms with van der Waals surface area (Å²) >= 11 is 0.974. The van der Waals surface area contributed by atoms with Crippen LogP contribution < -0.4 is 9.88 Å². The number of hydrogen-bond donors (Lipinski definition) is 1. The van der Waals surface area contributed by atoms with Gasteiger partial charge in [-0.05, 0) is 12.1 Å². The van der Waals surface area contributed by atoms with Crippen LogP contribution in [0, 0.1) is 5.92 Å². The highest BCUT2D eigenvalue weighted by Gasteiger charge is 2.16. The lowest BCUT2D eigenvalue weighted by Crippen LogP contribution is -2.14. The largest absolute Gasteiger partial charge is 0.426 e. The maximum Gasteiger partial charge on any atom is 0.313 e. The molecule has 1 heterocycles. The van der Waals surface area contributed by atoms with Crippen molar-refractivity contribution in [2.45, 2.75) is 18.2 Å². The number of esters is 1. The van der Waals surface area contributed by atoms with E-state index in [0.717, 1.165) is 11.3 Å². The van der Waals surface area contributed by atoms with E-state index in [0.29, 0.717) is 16.0 Å². The van der Waals surface area contributed by atoms with Crippen molar-refractivity contribution < 1.29 is 17.9 Å². The molecule has 6 nitrogen and oxygen atoms in total. The van der Waals surface area contributed by atoms with Gasteiger partial charge >= 0.3 is 5.97 Å². The van der Waals surface area contributed by atoms with E-state index in [1.54, 1.807) is 26.0 Å². The fourth-order valence-corrected chi connectivity index (χ4v) is 2.94. The average Bonchev–Trinajstić information content (AvgIpc) is 2.71. The molecule has 1 aromatic carbocycles. The summed E-state index contributed by atoms with van der Waals surface area (Å²) in [7, 11) is -3.81. The van der Waals surface area contributed by atoms with Crippen molar-refractivity contribution in [3.8, 4) is 5.75 Å². The van der Waals surface area contributed by atoms with Crippen molar-refractivity contribution >= 4 is 37.5 Å². The second kappa shape index (κ2) is 4.87. The average molecular weight is 300 g/mol. The van der Waals surface area contributed by atoms with Crippen LogP contribution >= 0.6 is 11.3 Å². The molecule has 0 amide bonds. The maximum atomic E-state index is 11.5. The number of hydrogen-bond acceptors (Lipinski definition) is 6. The number of fused-ring (bicyclic) bond motifs is 1. The second-order valence-electron chi connectivity index (χ2n) is 4.23. The van der Waals surface area contributed by atoms with Crippen LogP contribution in [0.25, 0.3) is 10.2 Å². The second-order valence-corrected chi connectivity index (χ2v) is 7.00. The molecule has 19 heavy (non-hydrogen) atoms. The highest BCUT2D eigenvalue weighted by molar-refractivity contribution is 7.91. The number of nitrogens with two attached hydrogens (primary N) is 1. The third-order valence-corrected chi connectivity index (χ3v) is 4.63. The van der Waals surface area contributed by atoms with Crippen molar-refractivity contribution in [1.82, 2.24) is 4.98 Å². The van der Waals surface area contributed by atoms with Gasteiger partial charge in [-0.15, -0.1) is 11.3 Å². The van der Waals surface area contributed by atoms with Crippen LogP contribution in [-0.4, -0.2) is 19.4 Å². The number of carbonyl (C=O) groups is 1. The molecule has 0 fully saturated rings. The quantitative estimate of drug-likeness (QED) is 0.684. The molecule has 0 saturated heterocycles. The van der Waals surface area contributed by atoms with E-state index in [1.165, 1.54) is 6.07 Å². The molecule has 0 radical (unpaired) electrons. The highest BCUT2D eigenvalue weighted by Crippen LogP contribution is 2.28. The van der Waals surface area contributed by atoms with Crippen LogP contribution in [0.4, 0.5) is 0 Å². The molecule has 0 atom stereocenters. The predicted octanol–water partition coefficient (Wildman–Crippen LogP) is 1.51. The Balaban J connectivity index is 2.38. The lowest BCUT2D eigenvalue weighted by atomic mass is 10.2. The normalized spacial score (nSPS) is 12.0. The predicted molar refractivity (Wildman–Crippen MR) is 71.5 cm³/mol. The monoisotopic (exact) mass is 300 g/mol. The lowest BCUT2D eigenvalue weighted by molar-refractivity contribution is -0.137. The van der Waals surface area contributed by atoms with Crippen molar-refractivity contribution in [3.63, 3.8) is 0 Å². The number of rotatable bonds is 3. The Morgan fingerprint density at radius 3 is 2.68 bits per heavy atom. The molecule has 0 bridgehead atoms. The molecule has 2 rings (SSSR count). The van der Waals surface area contributed by atoms with Crippen LogP contribution in [0.1, 0.15) is 13.8 Å². The Hall–Kier alpha value is -1.51. The molecular weight excluding hydrogens is 288 g/mol. The van der Waals surface area contributed by atoms with Crippen molar-refractivity contribution in [1.29, 1.82) is 0 Å². The van der Waals surface area contributed by atoms with E-state index >= 15 is 0 Å². The smallest absolute Gasteiger partial charge is 0.313 e. The molecule has 0 aliphatic carbocycles. The Morgan fingerprint density at radius 2 is 2.11 bits per heavy atom. The summed E-state index contributed by atoms with van der Waals surface area (Å²) in [6, 6.07) is 4.75. The molecule has 2 aromatic rings. The van der Waals surface area contributed by atoms with Crippen molar-refractivity contribution in [2.24, 2.45) is 11.1 Å². The van der Waals surface area contributed by atoms with Gasteiger partial charge in [-0.1, -0.05) is 13.8 Å². The van der Waals surface area contributed by atoms with Crippen LogP contribution in [-0.2, 0) is 14.8 Å². The van der Waals surface area contributed by atoms with Gasteiger partial charge in [-0.2, -0.15) is 0 Å². The van der Waals surface area contributed by atoms with E-state index in [1.807, 2.05) is 0 Å². The SMILES string of the molecule is CC(C)C(=O)Oc1ccc2sc(S(N)(=O)=O)nc2c1. The minimum atomic E-state index is -3.81. The molecule has 0 aliphatic rings. The number of nitrogens with zero attached hydrogens (tertiary/aromatic N) is 1. The molecule has 102 valence electrons. The van der Waals surface area contributed by atoms with Gasteiger partial charge in [0.1, 0.15) is 5.75 Å². The van der Waals surface area contributed by atoms with Crippen LogP contribution in [0.2, 0.25) is 0 Å². The number of carbonyl (C=O) groups excluding carboxylic acids is 1. The van der Waals surface area contributed by atoms with Crippen LogP contribution in [0.5, 0.6) is 5.75 Å². The zero-order chi connectivity index (χ0) is 14.2.